The van der Waals surface area contributed by atoms with Gasteiger partial charge in [-0.25, -0.2) is 13.2 Å². The van der Waals surface area contributed by atoms with Crippen LogP contribution in [0.25, 0.3) is 0 Å². The first kappa shape index (κ1) is 26.4. The van der Waals surface area contributed by atoms with E-state index in [0.29, 0.717) is 11.4 Å². The van der Waals surface area contributed by atoms with Gasteiger partial charge < -0.3 is 20.5 Å². The van der Waals surface area contributed by atoms with Crippen LogP contribution in [0.5, 0.6) is 5.75 Å². The number of anilines is 4. The summed E-state index contributed by atoms with van der Waals surface area (Å²) >= 11 is 0. The van der Waals surface area contributed by atoms with Gasteiger partial charge in [0.15, 0.2) is 12.4 Å². The first-order chi connectivity index (χ1) is 18.2. The molecule has 0 saturated heterocycles. The van der Waals surface area contributed by atoms with Crippen molar-refractivity contribution in [1.29, 1.82) is 0 Å². The molecule has 12 heteroatoms. The number of hydrogen-bond donors (Lipinski definition) is 2. The van der Waals surface area contributed by atoms with Crippen molar-refractivity contribution in [2.24, 2.45) is 0 Å². The van der Waals surface area contributed by atoms with Crippen LogP contribution in [0, 0.1) is 6.92 Å². The van der Waals surface area contributed by atoms with Crippen LogP contribution in [0.4, 0.5) is 23.3 Å². The maximum atomic E-state index is 13.1. The van der Waals surface area contributed by atoms with Gasteiger partial charge in [-0.3, -0.25) is 4.31 Å². The summed E-state index contributed by atoms with van der Waals surface area (Å²) in [5.74, 6) is 0.0661. The summed E-state index contributed by atoms with van der Waals surface area (Å²) in [5.41, 5.74) is 8.12. The molecular formula is C26H26N6O5S. The number of nitrogens with two attached hydrogens (primary N) is 1. The first-order valence-corrected chi connectivity index (χ1v) is 12.9. The van der Waals surface area contributed by atoms with E-state index in [1.165, 1.54) is 38.4 Å². The Bertz CT molecular complexity index is 1560. The van der Waals surface area contributed by atoms with Crippen molar-refractivity contribution in [3.8, 4) is 5.75 Å². The van der Waals surface area contributed by atoms with Crippen LogP contribution < -0.4 is 20.1 Å². The van der Waals surface area contributed by atoms with Crippen molar-refractivity contribution >= 4 is 39.3 Å². The van der Waals surface area contributed by atoms with Crippen molar-refractivity contribution in [3.63, 3.8) is 0 Å². The average Bonchev–Trinajstić information content (AvgIpc) is 2.92. The van der Waals surface area contributed by atoms with Gasteiger partial charge in [0.1, 0.15) is 5.75 Å². The molecule has 0 radical (unpaired) electrons. The summed E-state index contributed by atoms with van der Waals surface area (Å²) in [4.78, 5) is 25.0. The number of aromatic nitrogens is 3. The summed E-state index contributed by atoms with van der Waals surface area (Å²) in [6.45, 7) is 1.67. The largest absolute Gasteiger partial charge is 0.495 e. The van der Waals surface area contributed by atoms with Gasteiger partial charge in [0.2, 0.25) is 11.9 Å². The van der Waals surface area contributed by atoms with Gasteiger partial charge in [-0.1, -0.05) is 30.3 Å². The fourth-order valence-electron chi connectivity index (χ4n) is 3.55. The molecule has 0 unspecified atom stereocenters. The number of carbonyl (C=O) groups excluding carboxylic acids is 1. The number of para-hydroxylation sites is 3. The molecule has 38 heavy (non-hydrogen) atoms. The Hall–Kier alpha value is -4.71. The number of nitrogens with one attached hydrogen (secondary N) is 1. The van der Waals surface area contributed by atoms with Crippen molar-refractivity contribution in [2.45, 2.75) is 18.4 Å². The highest BCUT2D eigenvalue weighted by atomic mass is 32.2. The highest BCUT2D eigenvalue weighted by molar-refractivity contribution is 7.92. The monoisotopic (exact) mass is 534 g/mol. The number of nitrogen functional groups attached to an aromatic ring is 1. The zero-order valence-electron chi connectivity index (χ0n) is 21.0. The van der Waals surface area contributed by atoms with Gasteiger partial charge in [-0.15, -0.1) is 0 Å². The predicted octanol–water partition coefficient (Wildman–Crippen LogP) is 3.70. The van der Waals surface area contributed by atoms with Crippen LogP contribution >= 0.6 is 0 Å². The maximum Gasteiger partial charge on any atom is 0.338 e. The molecule has 4 rings (SSSR count). The summed E-state index contributed by atoms with van der Waals surface area (Å²) in [6.07, 6.45) is 0. The normalized spacial score (nSPS) is 11.0. The smallest absolute Gasteiger partial charge is 0.338 e. The van der Waals surface area contributed by atoms with Crippen LogP contribution in [0.1, 0.15) is 21.7 Å². The number of esters is 1. The molecule has 11 nitrogen and oxygen atoms in total. The third kappa shape index (κ3) is 5.81. The second kappa shape index (κ2) is 11.1. The van der Waals surface area contributed by atoms with E-state index in [1.807, 2.05) is 31.2 Å². The van der Waals surface area contributed by atoms with E-state index in [2.05, 4.69) is 20.3 Å². The standard InChI is InChI=1S/C26H26N6O5S/c1-17-8-4-5-9-20(17)28-26-30-23(29-25(27)31-26)16-37-24(33)18-12-14-19(15-13-18)38(34,35)32(2)21-10-6-7-11-22(21)36-3/h4-15H,16H2,1-3H3,(H3,27,28,29,30,31). The van der Waals surface area contributed by atoms with Gasteiger partial charge >= 0.3 is 5.97 Å². The molecule has 0 bridgehead atoms. The van der Waals surface area contributed by atoms with Crippen LogP contribution in [0.15, 0.2) is 77.7 Å². The lowest BCUT2D eigenvalue weighted by molar-refractivity contribution is 0.0462. The minimum absolute atomic E-state index is 0.000353. The van der Waals surface area contributed by atoms with E-state index in [0.717, 1.165) is 15.6 Å². The number of ether oxygens (including phenoxy) is 2. The van der Waals surface area contributed by atoms with Crippen LogP contribution in [-0.2, 0) is 21.4 Å². The Kier molecular flexibility index (Phi) is 7.72. The lowest BCUT2D eigenvalue weighted by Crippen LogP contribution is -2.27. The van der Waals surface area contributed by atoms with E-state index in [9.17, 15) is 13.2 Å². The van der Waals surface area contributed by atoms with E-state index in [4.69, 9.17) is 15.2 Å². The highest BCUT2D eigenvalue weighted by Gasteiger charge is 2.24. The minimum Gasteiger partial charge on any atom is -0.495 e. The molecule has 1 heterocycles. The second-order valence-corrected chi connectivity index (χ2v) is 10.1. The Morgan fingerprint density at radius 1 is 0.974 bits per heavy atom. The number of rotatable bonds is 9. The molecule has 0 aliphatic carbocycles. The third-order valence-electron chi connectivity index (χ3n) is 5.60. The number of nitrogens with zero attached hydrogens (tertiary/aromatic N) is 4. The Morgan fingerprint density at radius 3 is 2.37 bits per heavy atom. The van der Waals surface area contributed by atoms with E-state index in [1.54, 1.807) is 24.3 Å². The Morgan fingerprint density at radius 2 is 1.66 bits per heavy atom. The molecule has 0 amide bonds. The van der Waals surface area contributed by atoms with Crippen molar-refractivity contribution in [1.82, 2.24) is 15.0 Å². The van der Waals surface area contributed by atoms with Crippen LogP contribution in [0.3, 0.4) is 0 Å². The molecule has 3 aromatic carbocycles. The lowest BCUT2D eigenvalue weighted by atomic mass is 10.2. The van der Waals surface area contributed by atoms with Crippen LogP contribution in [-0.4, -0.2) is 43.5 Å². The summed E-state index contributed by atoms with van der Waals surface area (Å²) in [6, 6.07) is 19.8. The molecule has 1 aromatic heterocycles. The van der Waals surface area contributed by atoms with Gasteiger partial charge in [0.25, 0.3) is 10.0 Å². The van der Waals surface area contributed by atoms with Crippen molar-refractivity contribution in [2.75, 3.05) is 29.5 Å². The Labute approximate surface area is 220 Å². The van der Waals surface area contributed by atoms with E-state index < -0.39 is 16.0 Å². The number of benzene rings is 3. The van der Waals surface area contributed by atoms with Gasteiger partial charge in [0, 0.05) is 12.7 Å². The average molecular weight is 535 g/mol. The number of aryl methyl sites for hydroxylation is 1. The van der Waals surface area contributed by atoms with Crippen molar-refractivity contribution < 1.29 is 22.7 Å². The number of sulfonamides is 1. The lowest BCUT2D eigenvalue weighted by Gasteiger charge is -2.21. The summed E-state index contributed by atoms with van der Waals surface area (Å²) < 4.78 is 37.9. The fraction of sp³-hybridized carbons (Fsp3) is 0.154. The molecule has 0 saturated carbocycles. The Balaban J connectivity index is 1.44. The quantitative estimate of drug-likeness (QED) is 0.304. The van der Waals surface area contributed by atoms with Gasteiger partial charge in [-0.2, -0.15) is 15.0 Å². The van der Waals surface area contributed by atoms with E-state index >= 15 is 0 Å². The molecule has 4 aromatic rings. The summed E-state index contributed by atoms with van der Waals surface area (Å²) in [5, 5.41) is 3.07. The SMILES string of the molecule is COc1ccccc1N(C)S(=O)(=O)c1ccc(C(=O)OCc2nc(N)nc(Nc3ccccc3C)n2)cc1. The fourth-order valence-corrected chi connectivity index (χ4v) is 4.75. The molecule has 0 aliphatic heterocycles. The highest BCUT2D eigenvalue weighted by Crippen LogP contribution is 2.31. The maximum absolute atomic E-state index is 13.1. The zero-order valence-corrected chi connectivity index (χ0v) is 21.8. The van der Waals surface area contributed by atoms with Crippen LogP contribution in [0.2, 0.25) is 0 Å². The topological polar surface area (TPSA) is 150 Å². The molecule has 0 fully saturated rings. The molecule has 0 aliphatic rings. The first-order valence-electron chi connectivity index (χ1n) is 11.4. The third-order valence-corrected chi connectivity index (χ3v) is 7.38. The molecular weight excluding hydrogens is 508 g/mol. The summed E-state index contributed by atoms with van der Waals surface area (Å²) in [7, 11) is -1.01. The molecule has 3 N–H and O–H groups in total. The molecule has 0 spiro atoms. The van der Waals surface area contributed by atoms with Gasteiger partial charge in [-0.05, 0) is 55.0 Å². The van der Waals surface area contributed by atoms with Gasteiger partial charge in [0.05, 0.1) is 23.3 Å². The minimum atomic E-state index is -3.91. The van der Waals surface area contributed by atoms with Crippen molar-refractivity contribution in [3.05, 3.63) is 89.7 Å². The van der Waals surface area contributed by atoms with E-state index in [-0.39, 0.29) is 34.8 Å². The molecule has 196 valence electrons. The number of methoxy groups -OCH3 is 1. The molecule has 0 atom stereocenters. The predicted molar refractivity (Wildman–Crippen MR) is 143 cm³/mol. The number of carbonyl (C=O) groups is 1. The number of hydrogen-bond acceptors (Lipinski definition) is 10. The second-order valence-electron chi connectivity index (χ2n) is 8.12. The zero-order chi connectivity index (χ0) is 27.3.